The van der Waals surface area contributed by atoms with Crippen molar-refractivity contribution in [2.75, 3.05) is 13.2 Å². The summed E-state index contributed by atoms with van der Waals surface area (Å²) in [6.45, 7) is 8.27. The Morgan fingerprint density at radius 3 is 2.93 bits per heavy atom. The lowest BCUT2D eigenvalue weighted by Crippen LogP contribution is -2.41. The second-order valence-electron chi connectivity index (χ2n) is 4.51. The fraction of sp³-hybridized carbons (Fsp3) is 0.846. The van der Waals surface area contributed by atoms with Crippen LogP contribution in [0.3, 0.4) is 0 Å². The molecule has 15 heavy (non-hydrogen) atoms. The standard InChI is InChI=1S/C13H23NO/c1-4-5-6-8-14-12-7-9-15-13(10-12)11(2)3/h11-14H,6-10H2,1-3H3. The van der Waals surface area contributed by atoms with Crippen LogP contribution in [0.25, 0.3) is 0 Å². The number of hydrogen-bond acceptors (Lipinski definition) is 2. The van der Waals surface area contributed by atoms with E-state index in [2.05, 4.69) is 31.0 Å². The average Bonchev–Trinajstić information content (AvgIpc) is 2.25. The lowest BCUT2D eigenvalue weighted by molar-refractivity contribution is -0.0241. The van der Waals surface area contributed by atoms with E-state index in [-0.39, 0.29) is 0 Å². The summed E-state index contributed by atoms with van der Waals surface area (Å²) in [5.74, 6) is 6.63. The first-order valence-corrected chi connectivity index (χ1v) is 5.98. The first kappa shape index (κ1) is 12.5. The van der Waals surface area contributed by atoms with Crippen LogP contribution in [0.4, 0.5) is 0 Å². The van der Waals surface area contributed by atoms with E-state index in [4.69, 9.17) is 4.74 Å². The molecule has 2 nitrogen and oxygen atoms in total. The van der Waals surface area contributed by atoms with Crippen LogP contribution < -0.4 is 5.32 Å². The zero-order valence-corrected chi connectivity index (χ0v) is 10.2. The lowest BCUT2D eigenvalue weighted by Gasteiger charge is -2.32. The summed E-state index contributed by atoms with van der Waals surface area (Å²) in [6, 6.07) is 0.629. The van der Waals surface area contributed by atoms with Gasteiger partial charge in [-0.2, -0.15) is 0 Å². The smallest absolute Gasteiger partial charge is 0.0612 e. The molecular formula is C13H23NO. The number of rotatable bonds is 4. The number of ether oxygens (including phenoxy) is 1. The third kappa shape index (κ3) is 4.68. The van der Waals surface area contributed by atoms with E-state index < -0.39 is 0 Å². The molecule has 0 spiro atoms. The van der Waals surface area contributed by atoms with Crippen molar-refractivity contribution in [2.45, 2.75) is 52.2 Å². The van der Waals surface area contributed by atoms with Crippen molar-refractivity contribution in [2.24, 2.45) is 5.92 Å². The molecule has 0 amide bonds. The van der Waals surface area contributed by atoms with E-state index in [1.54, 1.807) is 0 Å². The van der Waals surface area contributed by atoms with E-state index in [0.717, 1.165) is 32.4 Å². The molecule has 1 heterocycles. The van der Waals surface area contributed by atoms with E-state index >= 15 is 0 Å². The maximum Gasteiger partial charge on any atom is 0.0612 e. The first-order valence-electron chi connectivity index (χ1n) is 5.98. The van der Waals surface area contributed by atoms with Gasteiger partial charge in [0.15, 0.2) is 0 Å². The third-order valence-corrected chi connectivity index (χ3v) is 2.92. The molecule has 1 N–H and O–H groups in total. The Morgan fingerprint density at radius 2 is 2.27 bits per heavy atom. The fourth-order valence-corrected chi connectivity index (χ4v) is 1.94. The highest BCUT2D eigenvalue weighted by Crippen LogP contribution is 2.19. The van der Waals surface area contributed by atoms with Crippen LogP contribution in [0.1, 0.15) is 40.0 Å². The van der Waals surface area contributed by atoms with E-state index in [0.29, 0.717) is 18.1 Å². The zero-order chi connectivity index (χ0) is 11.1. The monoisotopic (exact) mass is 209 g/mol. The molecule has 0 radical (unpaired) electrons. The predicted octanol–water partition coefficient (Wildman–Crippen LogP) is 2.19. The minimum absolute atomic E-state index is 0.438. The molecule has 1 aliphatic rings. The molecule has 0 saturated carbocycles. The van der Waals surface area contributed by atoms with Crippen molar-refractivity contribution < 1.29 is 4.74 Å². The molecule has 2 atom stereocenters. The van der Waals surface area contributed by atoms with E-state index in [1.807, 2.05) is 6.92 Å². The van der Waals surface area contributed by atoms with Crippen LogP contribution in [0, 0.1) is 17.8 Å². The molecule has 0 aromatic carbocycles. The molecule has 0 bridgehead atoms. The summed E-state index contributed by atoms with van der Waals surface area (Å²) in [7, 11) is 0. The Kier molecular flexibility index (Phi) is 5.75. The van der Waals surface area contributed by atoms with E-state index in [9.17, 15) is 0 Å². The molecule has 1 rings (SSSR count). The quantitative estimate of drug-likeness (QED) is 0.566. The summed E-state index contributed by atoms with van der Waals surface area (Å²) in [4.78, 5) is 0. The number of hydrogen-bond donors (Lipinski definition) is 1. The van der Waals surface area contributed by atoms with Crippen molar-refractivity contribution in [3.05, 3.63) is 0 Å². The van der Waals surface area contributed by atoms with Crippen LogP contribution in [0.15, 0.2) is 0 Å². The van der Waals surface area contributed by atoms with Gasteiger partial charge in [-0.15, -0.1) is 11.8 Å². The highest BCUT2D eigenvalue weighted by Gasteiger charge is 2.23. The van der Waals surface area contributed by atoms with Crippen molar-refractivity contribution in [3.8, 4) is 11.8 Å². The van der Waals surface area contributed by atoms with E-state index in [1.165, 1.54) is 0 Å². The van der Waals surface area contributed by atoms with Gasteiger partial charge in [0.05, 0.1) is 6.10 Å². The van der Waals surface area contributed by atoms with Crippen molar-refractivity contribution >= 4 is 0 Å². The van der Waals surface area contributed by atoms with Crippen LogP contribution in [-0.2, 0) is 4.74 Å². The largest absolute Gasteiger partial charge is 0.378 e. The molecule has 2 unspecified atom stereocenters. The SMILES string of the molecule is CC#CCCNC1CCOC(C(C)C)C1. The molecular weight excluding hydrogens is 186 g/mol. The minimum atomic E-state index is 0.438. The second kappa shape index (κ2) is 6.87. The highest BCUT2D eigenvalue weighted by atomic mass is 16.5. The van der Waals surface area contributed by atoms with Gasteiger partial charge in [0, 0.05) is 25.6 Å². The van der Waals surface area contributed by atoms with Gasteiger partial charge in [-0.25, -0.2) is 0 Å². The summed E-state index contributed by atoms with van der Waals surface area (Å²) in [5.41, 5.74) is 0. The van der Waals surface area contributed by atoms with Crippen LogP contribution in [0.2, 0.25) is 0 Å². The second-order valence-corrected chi connectivity index (χ2v) is 4.51. The molecule has 0 aromatic rings. The molecule has 86 valence electrons. The summed E-state index contributed by atoms with van der Waals surface area (Å²) in [5, 5.41) is 3.56. The Hall–Kier alpha value is -0.520. The average molecular weight is 209 g/mol. The summed E-state index contributed by atoms with van der Waals surface area (Å²) in [6.07, 6.45) is 3.69. The number of nitrogens with one attached hydrogen (secondary N) is 1. The van der Waals surface area contributed by atoms with Gasteiger partial charge in [0.1, 0.15) is 0 Å². The Morgan fingerprint density at radius 1 is 1.47 bits per heavy atom. The van der Waals surface area contributed by atoms with Crippen molar-refractivity contribution in [1.82, 2.24) is 5.32 Å². The van der Waals surface area contributed by atoms with Crippen LogP contribution >= 0.6 is 0 Å². The fourth-order valence-electron chi connectivity index (χ4n) is 1.94. The minimum Gasteiger partial charge on any atom is -0.378 e. The molecule has 1 saturated heterocycles. The summed E-state index contributed by atoms with van der Waals surface area (Å²) >= 11 is 0. The van der Waals surface area contributed by atoms with Gasteiger partial charge in [0.25, 0.3) is 0 Å². The van der Waals surface area contributed by atoms with Gasteiger partial charge in [0.2, 0.25) is 0 Å². The van der Waals surface area contributed by atoms with Crippen LogP contribution in [-0.4, -0.2) is 25.3 Å². The third-order valence-electron chi connectivity index (χ3n) is 2.92. The van der Waals surface area contributed by atoms with Gasteiger partial charge in [-0.05, 0) is 25.7 Å². The maximum atomic E-state index is 5.73. The first-order chi connectivity index (χ1) is 7.24. The topological polar surface area (TPSA) is 21.3 Å². The maximum absolute atomic E-state index is 5.73. The predicted molar refractivity (Wildman–Crippen MR) is 63.7 cm³/mol. The Labute approximate surface area is 93.8 Å². The van der Waals surface area contributed by atoms with Gasteiger partial charge >= 0.3 is 0 Å². The van der Waals surface area contributed by atoms with Gasteiger partial charge in [-0.3, -0.25) is 0 Å². The van der Waals surface area contributed by atoms with Gasteiger partial charge < -0.3 is 10.1 Å². The van der Waals surface area contributed by atoms with Crippen LogP contribution in [0.5, 0.6) is 0 Å². The zero-order valence-electron chi connectivity index (χ0n) is 10.2. The van der Waals surface area contributed by atoms with Crippen molar-refractivity contribution in [3.63, 3.8) is 0 Å². The Balaban J connectivity index is 2.20. The molecule has 0 aromatic heterocycles. The molecule has 2 heteroatoms. The van der Waals surface area contributed by atoms with Crippen molar-refractivity contribution in [1.29, 1.82) is 0 Å². The normalized spacial score (nSPS) is 26.1. The molecule has 1 fully saturated rings. The lowest BCUT2D eigenvalue weighted by atomic mass is 9.95. The van der Waals surface area contributed by atoms with Gasteiger partial charge in [-0.1, -0.05) is 13.8 Å². The summed E-state index contributed by atoms with van der Waals surface area (Å²) < 4.78 is 5.73. The molecule has 1 aliphatic heterocycles. The highest BCUT2D eigenvalue weighted by molar-refractivity contribution is 4.95. The Bertz CT molecular complexity index is 226. The molecule has 0 aliphatic carbocycles.